The van der Waals surface area contributed by atoms with Crippen molar-refractivity contribution in [3.8, 4) is 5.75 Å². The molecule has 0 aliphatic heterocycles. The van der Waals surface area contributed by atoms with Crippen molar-refractivity contribution in [2.75, 3.05) is 19.0 Å². The number of nitrogens with one attached hydrogen (secondary N) is 1. The van der Waals surface area contributed by atoms with Gasteiger partial charge in [0.2, 0.25) is 0 Å². The first-order chi connectivity index (χ1) is 7.72. The fourth-order valence-corrected chi connectivity index (χ4v) is 1.70. The van der Waals surface area contributed by atoms with E-state index in [2.05, 4.69) is 12.2 Å². The lowest BCUT2D eigenvalue weighted by atomic mass is 10.2. The van der Waals surface area contributed by atoms with Crippen molar-refractivity contribution in [1.82, 2.24) is 0 Å². The Labute approximate surface area is 101 Å². The normalized spacial score (nSPS) is 10.2. The summed E-state index contributed by atoms with van der Waals surface area (Å²) in [6.45, 7) is 2.95. The molecule has 16 heavy (non-hydrogen) atoms. The third kappa shape index (κ3) is 3.29. The first-order valence-electron chi connectivity index (χ1n) is 5.44. The molecule has 0 aliphatic rings. The predicted molar refractivity (Wildman–Crippen MR) is 67.3 cm³/mol. The van der Waals surface area contributed by atoms with E-state index in [9.17, 15) is 0 Å². The Morgan fingerprint density at radius 1 is 1.44 bits per heavy atom. The molecule has 0 aromatic heterocycles. The Hall–Kier alpha value is -0.930. The van der Waals surface area contributed by atoms with Gasteiger partial charge in [0.15, 0.2) is 0 Å². The highest BCUT2D eigenvalue weighted by Crippen LogP contribution is 2.30. The molecule has 1 rings (SSSR count). The number of halogens is 1. The molecule has 90 valence electrons. The summed E-state index contributed by atoms with van der Waals surface area (Å²) < 4.78 is 5.18. The zero-order chi connectivity index (χ0) is 12.0. The maximum absolute atomic E-state index is 9.12. The average molecular weight is 244 g/mol. The van der Waals surface area contributed by atoms with Crippen LogP contribution in [0.4, 0.5) is 5.69 Å². The van der Waals surface area contributed by atoms with Gasteiger partial charge in [0.1, 0.15) is 5.75 Å². The highest BCUT2D eigenvalue weighted by atomic mass is 35.5. The predicted octanol–water partition coefficient (Wildman–Crippen LogP) is 3.05. The summed E-state index contributed by atoms with van der Waals surface area (Å²) in [7, 11) is 1.58. The number of rotatable bonds is 6. The van der Waals surface area contributed by atoms with Crippen LogP contribution in [-0.2, 0) is 6.61 Å². The minimum absolute atomic E-state index is 0.0713. The lowest BCUT2D eigenvalue weighted by Gasteiger charge is -2.12. The fraction of sp³-hybridized carbons (Fsp3) is 0.500. The second-order valence-electron chi connectivity index (χ2n) is 3.58. The topological polar surface area (TPSA) is 41.5 Å². The Balaban J connectivity index is 2.84. The number of methoxy groups -OCH3 is 1. The minimum Gasteiger partial charge on any atom is -0.496 e. The van der Waals surface area contributed by atoms with Crippen molar-refractivity contribution in [3.63, 3.8) is 0 Å². The summed E-state index contributed by atoms with van der Waals surface area (Å²) in [5, 5.41) is 13.0. The molecule has 0 saturated carbocycles. The van der Waals surface area contributed by atoms with Gasteiger partial charge in [-0.15, -0.1) is 0 Å². The zero-order valence-corrected chi connectivity index (χ0v) is 10.5. The smallest absolute Gasteiger partial charge is 0.126 e. The van der Waals surface area contributed by atoms with Gasteiger partial charge in [0.25, 0.3) is 0 Å². The number of ether oxygens (including phenoxy) is 1. The van der Waals surface area contributed by atoms with Crippen molar-refractivity contribution in [1.29, 1.82) is 0 Å². The Bertz CT molecular complexity index is 342. The lowest BCUT2D eigenvalue weighted by Crippen LogP contribution is -2.03. The summed E-state index contributed by atoms with van der Waals surface area (Å²) in [5.74, 6) is 0.658. The first kappa shape index (κ1) is 13.1. The van der Waals surface area contributed by atoms with E-state index in [0.29, 0.717) is 16.3 Å². The number of anilines is 1. The van der Waals surface area contributed by atoms with Crippen molar-refractivity contribution in [3.05, 3.63) is 22.7 Å². The molecule has 0 fully saturated rings. The van der Waals surface area contributed by atoms with Crippen LogP contribution >= 0.6 is 11.6 Å². The minimum atomic E-state index is -0.0713. The van der Waals surface area contributed by atoms with Crippen LogP contribution in [0.15, 0.2) is 12.1 Å². The number of unbranched alkanes of at least 4 members (excludes halogenated alkanes) is 1. The van der Waals surface area contributed by atoms with Gasteiger partial charge in [-0.05, 0) is 12.5 Å². The molecule has 4 heteroatoms. The molecule has 0 radical (unpaired) electrons. The van der Waals surface area contributed by atoms with Crippen LogP contribution in [0.2, 0.25) is 5.02 Å². The summed E-state index contributed by atoms with van der Waals surface area (Å²) in [6, 6.07) is 3.55. The Kier molecular flexibility index (Phi) is 5.43. The van der Waals surface area contributed by atoms with Crippen LogP contribution in [0, 0.1) is 0 Å². The van der Waals surface area contributed by atoms with E-state index in [1.165, 1.54) is 0 Å². The van der Waals surface area contributed by atoms with Gasteiger partial charge in [-0.25, -0.2) is 0 Å². The van der Waals surface area contributed by atoms with Crippen LogP contribution in [0.3, 0.4) is 0 Å². The van der Waals surface area contributed by atoms with Crippen molar-refractivity contribution in [2.45, 2.75) is 26.4 Å². The number of aliphatic hydroxyl groups is 1. The summed E-state index contributed by atoms with van der Waals surface area (Å²) in [4.78, 5) is 0. The van der Waals surface area contributed by atoms with Crippen LogP contribution in [0.25, 0.3) is 0 Å². The second kappa shape index (κ2) is 6.61. The lowest BCUT2D eigenvalue weighted by molar-refractivity contribution is 0.274. The molecule has 2 N–H and O–H groups in total. The third-order valence-electron chi connectivity index (χ3n) is 2.39. The molecular formula is C12H18ClNO2. The Morgan fingerprint density at radius 3 is 2.75 bits per heavy atom. The highest BCUT2D eigenvalue weighted by molar-refractivity contribution is 6.33. The summed E-state index contributed by atoms with van der Waals surface area (Å²) >= 11 is 6.09. The van der Waals surface area contributed by atoms with E-state index in [0.717, 1.165) is 25.1 Å². The van der Waals surface area contributed by atoms with Gasteiger partial charge < -0.3 is 15.2 Å². The number of benzene rings is 1. The van der Waals surface area contributed by atoms with Gasteiger partial charge in [0, 0.05) is 18.2 Å². The van der Waals surface area contributed by atoms with Crippen molar-refractivity contribution in [2.24, 2.45) is 0 Å². The maximum Gasteiger partial charge on any atom is 0.126 e. The van der Waals surface area contributed by atoms with Crippen molar-refractivity contribution < 1.29 is 9.84 Å². The summed E-state index contributed by atoms with van der Waals surface area (Å²) in [5.41, 5.74) is 1.55. The molecule has 3 nitrogen and oxygen atoms in total. The van der Waals surface area contributed by atoms with E-state index >= 15 is 0 Å². The fourth-order valence-electron chi connectivity index (χ4n) is 1.44. The molecule has 0 spiro atoms. The number of aliphatic hydroxyl groups excluding tert-OH is 1. The van der Waals surface area contributed by atoms with Crippen LogP contribution in [0.1, 0.15) is 25.3 Å². The molecular weight excluding hydrogens is 226 g/mol. The van der Waals surface area contributed by atoms with Crippen molar-refractivity contribution >= 4 is 17.3 Å². The third-order valence-corrected chi connectivity index (χ3v) is 2.70. The van der Waals surface area contributed by atoms with Gasteiger partial charge in [-0.1, -0.05) is 24.9 Å². The van der Waals surface area contributed by atoms with E-state index in [1.54, 1.807) is 13.2 Å². The highest BCUT2D eigenvalue weighted by Gasteiger charge is 2.08. The first-order valence-corrected chi connectivity index (χ1v) is 5.81. The number of hydrogen-bond acceptors (Lipinski definition) is 3. The van der Waals surface area contributed by atoms with Crippen LogP contribution in [0.5, 0.6) is 5.75 Å². The maximum atomic E-state index is 9.12. The Morgan fingerprint density at radius 2 is 2.19 bits per heavy atom. The van der Waals surface area contributed by atoms with Crippen LogP contribution in [-0.4, -0.2) is 18.8 Å². The van der Waals surface area contributed by atoms with E-state index < -0.39 is 0 Å². The monoisotopic (exact) mass is 243 g/mol. The van der Waals surface area contributed by atoms with Crippen LogP contribution < -0.4 is 10.1 Å². The quantitative estimate of drug-likeness (QED) is 0.755. The molecule has 1 aromatic carbocycles. The molecule has 1 aromatic rings. The van der Waals surface area contributed by atoms with E-state index in [-0.39, 0.29) is 6.61 Å². The SMILES string of the molecule is CCCCNc1cc(OC)c(CO)cc1Cl. The van der Waals surface area contributed by atoms with Gasteiger partial charge in [-0.2, -0.15) is 0 Å². The molecule has 0 atom stereocenters. The molecule has 0 saturated heterocycles. The molecule has 0 heterocycles. The van der Waals surface area contributed by atoms with E-state index in [1.807, 2.05) is 6.07 Å². The van der Waals surface area contributed by atoms with E-state index in [4.69, 9.17) is 21.4 Å². The molecule has 0 bridgehead atoms. The summed E-state index contributed by atoms with van der Waals surface area (Å²) in [6.07, 6.45) is 2.23. The molecule has 0 amide bonds. The number of hydrogen-bond donors (Lipinski definition) is 2. The second-order valence-corrected chi connectivity index (χ2v) is 3.99. The van der Waals surface area contributed by atoms with Gasteiger partial charge >= 0.3 is 0 Å². The molecule has 0 aliphatic carbocycles. The van der Waals surface area contributed by atoms with Gasteiger partial charge in [0.05, 0.1) is 24.4 Å². The van der Waals surface area contributed by atoms with Gasteiger partial charge in [-0.3, -0.25) is 0 Å². The largest absolute Gasteiger partial charge is 0.496 e. The molecule has 0 unspecified atom stereocenters. The standard InChI is InChI=1S/C12H18ClNO2/c1-3-4-5-14-11-7-12(16-2)9(8-15)6-10(11)13/h6-7,14-15H,3-5,8H2,1-2H3. The average Bonchev–Trinajstić information content (AvgIpc) is 2.31. The zero-order valence-electron chi connectivity index (χ0n) is 9.72.